The molecule has 23 heavy (non-hydrogen) atoms. The Morgan fingerprint density at radius 3 is 2.61 bits per heavy atom. The number of ether oxygens (including phenoxy) is 1. The van der Waals surface area contributed by atoms with E-state index in [1.165, 1.54) is 12.4 Å². The number of aryl methyl sites for hydroxylation is 1. The van der Waals surface area contributed by atoms with E-state index in [0.29, 0.717) is 5.89 Å². The summed E-state index contributed by atoms with van der Waals surface area (Å²) in [6.45, 7) is 3.44. The molecule has 0 aliphatic carbocycles. The molecule has 0 aliphatic rings. The number of carbonyl (C=O) groups is 1. The number of hydrogen-bond acceptors (Lipinski definition) is 7. The van der Waals surface area contributed by atoms with Crippen LogP contribution in [0.15, 0.2) is 47.1 Å². The van der Waals surface area contributed by atoms with Crippen LogP contribution in [0.1, 0.15) is 35.1 Å². The second-order valence-electron chi connectivity index (χ2n) is 4.90. The fourth-order valence-corrected chi connectivity index (χ4v) is 1.87. The third kappa shape index (κ3) is 3.39. The normalized spacial score (nSPS) is 11.9. The summed E-state index contributed by atoms with van der Waals surface area (Å²) < 4.78 is 10.8. The van der Waals surface area contributed by atoms with E-state index in [-0.39, 0.29) is 11.6 Å². The predicted octanol–water partition coefficient (Wildman–Crippen LogP) is 2.75. The molecule has 0 N–H and O–H groups in total. The minimum absolute atomic E-state index is 0.130. The van der Waals surface area contributed by atoms with E-state index >= 15 is 0 Å². The quantitative estimate of drug-likeness (QED) is 0.684. The van der Waals surface area contributed by atoms with Gasteiger partial charge in [0.15, 0.2) is 11.8 Å². The molecule has 116 valence electrons. The highest BCUT2D eigenvalue weighted by Gasteiger charge is 2.20. The lowest BCUT2D eigenvalue weighted by atomic mass is 10.2. The van der Waals surface area contributed by atoms with Gasteiger partial charge in [0.25, 0.3) is 5.89 Å². The molecule has 0 fully saturated rings. The molecule has 0 aliphatic heterocycles. The van der Waals surface area contributed by atoms with Gasteiger partial charge in [0.05, 0.1) is 11.9 Å². The largest absolute Gasteiger partial charge is 0.448 e. The van der Waals surface area contributed by atoms with Gasteiger partial charge in [-0.2, -0.15) is 0 Å². The molecule has 3 rings (SSSR count). The first-order valence-electron chi connectivity index (χ1n) is 7.02. The van der Waals surface area contributed by atoms with Gasteiger partial charge >= 0.3 is 5.97 Å². The summed E-state index contributed by atoms with van der Waals surface area (Å²) in [5, 5.41) is 7.89. The lowest BCUT2D eigenvalue weighted by molar-refractivity contribution is 0.0272. The van der Waals surface area contributed by atoms with Crippen molar-refractivity contribution >= 4 is 5.97 Å². The van der Waals surface area contributed by atoms with Crippen molar-refractivity contribution in [2.75, 3.05) is 0 Å². The molecule has 0 amide bonds. The molecule has 1 aromatic carbocycles. The number of rotatable bonds is 4. The van der Waals surface area contributed by atoms with E-state index < -0.39 is 12.1 Å². The van der Waals surface area contributed by atoms with Gasteiger partial charge in [0.2, 0.25) is 5.89 Å². The average molecular weight is 310 g/mol. The summed E-state index contributed by atoms with van der Waals surface area (Å²) in [7, 11) is 0. The molecular weight excluding hydrogens is 296 g/mol. The first kappa shape index (κ1) is 14.8. The van der Waals surface area contributed by atoms with Crippen LogP contribution in [-0.4, -0.2) is 26.1 Å². The first-order valence-corrected chi connectivity index (χ1v) is 7.02. The maximum absolute atomic E-state index is 12.0. The molecule has 2 heterocycles. The molecule has 7 heteroatoms. The molecule has 0 saturated heterocycles. The number of carbonyl (C=O) groups excluding carboxylic acids is 1. The number of aromatic nitrogens is 4. The van der Waals surface area contributed by atoms with Gasteiger partial charge in [-0.3, -0.25) is 4.98 Å². The van der Waals surface area contributed by atoms with Gasteiger partial charge < -0.3 is 9.15 Å². The molecule has 2 aromatic heterocycles. The highest BCUT2D eigenvalue weighted by atomic mass is 16.6. The van der Waals surface area contributed by atoms with E-state index in [2.05, 4.69) is 20.2 Å². The van der Waals surface area contributed by atoms with Gasteiger partial charge in [-0.05, 0) is 26.0 Å². The smallest absolute Gasteiger partial charge is 0.359 e. The summed E-state index contributed by atoms with van der Waals surface area (Å²) in [4.78, 5) is 20.0. The van der Waals surface area contributed by atoms with Crippen molar-refractivity contribution in [3.8, 4) is 11.5 Å². The molecule has 7 nitrogen and oxygen atoms in total. The molecule has 0 radical (unpaired) electrons. The van der Waals surface area contributed by atoms with Crippen LogP contribution in [0.25, 0.3) is 11.5 Å². The van der Waals surface area contributed by atoms with Crippen LogP contribution >= 0.6 is 0 Å². The Labute approximate surface area is 132 Å². The topological polar surface area (TPSA) is 91.0 Å². The zero-order valence-electron chi connectivity index (χ0n) is 12.6. The Morgan fingerprint density at radius 2 is 1.91 bits per heavy atom. The summed E-state index contributed by atoms with van der Waals surface area (Å²) in [5.41, 5.74) is 1.65. The van der Waals surface area contributed by atoms with Crippen molar-refractivity contribution in [2.45, 2.75) is 20.0 Å². The van der Waals surface area contributed by atoms with Gasteiger partial charge in [-0.25, -0.2) is 9.78 Å². The molecule has 0 saturated carbocycles. The summed E-state index contributed by atoms with van der Waals surface area (Å²) >= 11 is 0. The maximum Gasteiger partial charge on any atom is 0.359 e. The van der Waals surface area contributed by atoms with E-state index in [0.717, 1.165) is 11.3 Å². The zero-order valence-corrected chi connectivity index (χ0v) is 12.6. The van der Waals surface area contributed by atoms with Gasteiger partial charge in [-0.1, -0.05) is 18.2 Å². The number of nitrogens with zero attached hydrogens (tertiary/aromatic N) is 4. The van der Waals surface area contributed by atoms with E-state index in [9.17, 15) is 4.79 Å². The van der Waals surface area contributed by atoms with Crippen LogP contribution in [0, 0.1) is 6.92 Å². The first-order chi connectivity index (χ1) is 11.1. The number of benzene rings is 1. The van der Waals surface area contributed by atoms with Crippen LogP contribution < -0.4 is 0 Å². The molecule has 0 spiro atoms. The van der Waals surface area contributed by atoms with E-state index in [4.69, 9.17) is 9.15 Å². The van der Waals surface area contributed by atoms with Crippen LogP contribution in [0.3, 0.4) is 0 Å². The molecule has 3 aromatic rings. The molecule has 0 unspecified atom stereocenters. The third-order valence-electron chi connectivity index (χ3n) is 3.08. The maximum atomic E-state index is 12.0. The molecular formula is C16H14N4O3. The minimum Gasteiger partial charge on any atom is -0.448 e. The Morgan fingerprint density at radius 1 is 1.13 bits per heavy atom. The van der Waals surface area contributed by atoms with Crippen molar-refractivity contribution in [1.29, 1.82) is 0 Å². The van der Waals surface area contributed by atoms with Crippen molar-refractivity contribution in [3.63, 3.8) is 0 Å². The van der Waals surface area contributed by atoms with Gasteiger partial charge in [0.1, 0.15) is 0 Å². The van der Waals surface area contributed by atoms with Crippen LogP contribution in [0.4, 0.5) is 0 Å². The second-order valence-corrected chi connectivity index (χ2v) is 4.90. The van der Waals surface area contributed by atoms with Crippen molar-refractivity contribution in [1.82, 2.24) is 20.2 Å². The van der Waals surface area contributed by atoms with Gasteiger partial charge in [-0.15, -0.1) is 10.2 Å². The third-order valence-corrected chi connectivity index (χ3v) is 3.08. The summed E-state index contributed by atoms with van der Waals surface area (Å²) in [6.07, 6.45) is 2.19. The fourth-order valence-electron chi connectivity index (χ4n) is 1.87. The standard InChI is InChI=1S/C16H14N4O3/c1-10-8-18-13(9-17-10)16(21)22-11(2)14-19-20-15(23-14)12-6-4-3-5-7-12/h3-9,11H,1-2H3/t11-/m1/s1. The second kappa shape index (κ2) is 6.35. The van der Waals surface area contributed by atoms with Crippen molar-refractivity contribution in [3.05, 3.63) is 60.0 Å². The van der Waals surface area contributed by atoms with Crippen molar-refractivity contribution < 1.29 is 13.9 Å². The minimum atomic E-state index is -0.685. The Kier molecular flexibility index (Phi) is 4.09. The summed E-state index contributed by atoms with van der Waals surface area (Å²) in [6, 6.07) is 9.36. The molecule has 0 bridgehead atoms. The van der Waals surface area contributed by atoms with Crippen molar-refractivity contribution in [2.24, 2.45) is 0 Å². The highest BCUT2D eigenvalue weighted by molar-refractivity contribution is 5.86. The fraction of sp³-hybridized carbons (Fsp3) is 0.188. The lowest BCUT2D eigenvalue weighted by Crippen LogP contribution is -2.11. The van der Waals surface area contributed by atoms with Crippen LogP contribution in [0.5, 0.6) is 0 Å². The lowest BCUT2D eigenvalue weighted by Gasteiger charge is -2.08. The van der Waals surface area contributed by atoms with Gasteiger partial charge in [0, 0.05) is 11.8 Å². The molecule has 1 atom stereocenters. The number of hydrogen-bond donors (Lipinski definition) is 0. The predicted molar refractivity (Wildman–Crippen MR) is 80.3 cm³/mol. The van der Waals surface area contributed by atoms with E-state index in [1.54, 1.807) is 13.8 Å². The zero-order chi connectivity index (χ0) is 16.2. The SMILES string of the molecule is Cc1cnc(C(=O)O[C@H](C)c2nnc(-c3ccccc3)o2)cn1. The summed E-state index contributed by atoms with van der Waals surface area (Å²) in [5.74, 6) is 0.000335. The highest BCUT2D eigenvalue weighted by Crippen LogP contribution is 2.22. The Balaban J connectivity index is 1.71. The number of esters is 1. The van der Waals surface area contributed by atoms with Crippen LogP contribution in [-0.2, 0) is 4.74 Å². The van der Waals surface area contributed by atoms with E-state index in [1.807, 2.05) is 30.3 Å². The Bertz CT molecular complexity index is 800. The monoisotopic (exact) mass is 310 g/mol. The van der Waals surface area contributed by atoms with Crippen LogP contribution in [0.2, 0.25) is 0 Å². The average Bonchev–Trinajstić information content (AvgIpc) is 3.06. The Hall–Kier alpha value is -3.09.